The lowest BCUT2D eigenvalue weighted by Gasteiger charge is -1.95. The molecule has 10 heavy (non-hydrogen) atoms. The second-order valence-corrected chi connectivity index (χ2v) is 4.33. The lowest BCUT2D eigenvalue weighted by atomic mass is 10.4. The van der Waals surface area contributed by atoms with Crippen molar-refractivity contribution in [3.05, 3.63) is 0 Å². The maximum atomic E-state index is 10.8. The minimum atomic E-state index is -2.93. The summed E-state index contributed by atoms with van der Waals surface area (Å²) in [4.78, 5) is 0. The van der Waals surface area contributed by atoms with E-state index in [0.717, 1.165) is 6.42 Å². The average molecular weight is 160 g/mol. The fraction of sp³-hybridized carbons (Fsp3) is 0.714. The normalized spacial score (nSPS) is 10.8. The SMILES string of the molecule is C#CCS(=O)(=O)CCCC. The van der Waals surface area contributed by atoms with Crippen molar-refractivity contribution in [2.24, 2.45) is 0 Å². The molecule has 58 valence electrons. The van der Waals surface area contributed by atoms with Crippen molar-refractivity contribution >= 4 is 9.84 Å². The summed E-state index contributed by atoms with van der Waals surface area (Å²) in [6.07, 6.45) is 6.46. The molecule has 0 fully saturated rings. The highest BCUT2D eigenvalue weighted by Gasteiger charge is 2.06. The van der Waals surface area contributed by atoms with Crippen LogP contribution in [-0.4, -0.2) is 19.9 Å². The predicted molar refractivity (Wildman–Crippen MR) is 42.4 cm³/mol. The van der Waals surface area contributed by atoms with Gasteiger partial charge < -0.3 is 0 Å². The summed E-state index contributed by atoms with van der Waals surface area (Å²) in [7, 11) is -2.93. The molecule has 0 spiro atoms. The van der Waals surface area contributed by atoms with Gasteiger partial charge >= 0.3 is 0 Å². The van der Waals surface area contributed by atoms with Crippen molar-refractivity contribution in [2.75, 3.05) is 11.5 Å². The van der Waals surface area contributed by atoms with Gasteiger partial charge in [0.15, 0.2) is 9.84 Å². The van der Waals surface area contributed by atoms with Gasteiger partial charge in [-0.15, -0.1) is 6.42 Å². The van der Waals surface area contributed by atoms with Crippen LogP contribution in [0.4, 0.5) is 0 Å². The molecule has 0 bridgehead atoms. The molecular weight excluding hydrogens is 148 g/mol. The van der Waals surface area contributed by atoms with Crippen molar-refractivity contribution in [3.63, 3.8) is 0 Å². The van der Waals surface area contributed by atoms with E-state index >= 15 is 0 Å². The molecule has 0 unspecified atom stereocenters. The zero-order valence-corrected chi connectivity index (χ0v) is 6.95. The molecule has 0 aliphatic heterocycles. The smallest absolute Gasteiger partial charge is 0.161 e. The van der Waals surface area contributed by atoms with Crippen LogP contribution in [0.25, 0.3) is 0 Å². The Morgan fingerprint density at radius 1 is 1.50 bits per heavy atom. The minimum absolute atomic E-state index is 0.118. The molecule has 0 aromatic carbocycles. The molecule has 0 aromatic heterocycles. The highest BCUT2D eigenvalue weighted by atomic mass is 32.2. The van der Waals surface area contributed by atoms with E-state index in [1.807, 2.05) is 6.92 Å². The van der Waals surface area contributed by atoms with Gasteiger partial charge in [0.25, 0.3) is 0 Å². The first-order valence-corrected chi connectivity index (χ1v) is 5.08. The van der Waals surface area contributed by atoms with E-state index in [2.05, 4.69) is 5.92 Å². The largest absolute Gasteiger partial charge is 0.228 e. The van der Waals surface area contributed by atoms with E-state index in [1.165, 1.54) is 0 Å². The maximum Gasteiger partial charge on any atom is 0.161 e. The molecule has 0 rings (SSSR count). The van der Waals surface area contributed by atoms with Crippen LogP contribution < -0.4 is 0 Å². The topological polar surface area (TPSA) is 34.1 Å². The Morgan fingerprint density at radius 3 is 2.50 bits per heavy atom. The maximum absolute atomic E-state index is 10.8. The molecule has 0 N–H and O–H groups in total. The molecule has 0 saturated carbocycles. The molecule has 0 heterocycles. The third-order valence-corrected chi connectivity index (χ3v) is 2.63. The Morgan fingerprint density at radius 2 is 2.10 bits per heavy atom. The molecule has 0 saturated heterocycles. The average Bonchev–Trinajstić information content (AvgIpc) is 1.84. The van der Waals surface area contributed by atoms with Crippen molar-refractivity contribution in [1.29, 1.82) is 0 Å². The van der Waals surface area contributed by atoms with E-state index in [4.69, 9.17) is 6.42 Å². The summed E-state index contributed by atoms with van der Waals surface area (Å²) in [6.45, 7) is 1.95. The van der Waals surface area contributed by atoms with Gasteiger partial charge in [-0.05, 0) is 6.42 Å². The number of hydrogen-bond acceptors (Lipinski definition) is 2. The molecule has 2 nitrogen and oxygen atoms in total. The molecular formula is C7H12O2S. The Kier molecular flexibility index (Phi) is 4.13. The van der Waals surface area contributed by atoms with Crippen LogP contribution in [0.2, 0.25) is 0 Å². The van der Waals surface area contributed by atoms with E-state index in [-0.39, 0.29) is 11.5 Å². The second-order valence-electron chi connectivity index (χ2n) is 2.15. The lowest BCUT2D eigenvalue weighted by Crippen LogP contribution is -2.08. The molecule has 0 radical (unpaired) electrons. The summed E-state index contributed by atoms with van der Waals surface area (Å²) in [5, 5.41) is 0. The van der Waals surface area contributed by atoms with Gasteiger partial charge in [0.1, 0.15) is 5.75 Å². The quantitative estimate of drug-likeness (QED) is 0.571. The van der Waals surface area contributed by atoms with Crippen LogP contribution in [0.3, 0.4) is 0 Å². The van der Waals surface area contributed by atoms with E-state index < -0.39 is 9.84 Å². The summed E-state index contributed by atoms with van der Waals surface area (Å²) in [5.74, 6) is 2.24. The molecule has 0 atom stereocenters. The standard InChI is InChI=1S/C7H12O2S/c1-3-5-7-10(8,9)6-4-2/h2H,3,5-7H2,1H3. The molecule has 0 aliphatic carbocycles. The highest BCUT2D eigenvalue weighted by Crippen LogP contribution is 1.95. The lowest BCUT2D eigenvalue weighted by molar-refractivity contribution is 0.596. The predicted octanol–water partition coefficient (Wildman–Crippen LogP) is 0.835. The fourth-order valence-corrected chi connectivity index (χ4v) is 1.69. The third kappa shape index (κ3) is 4.39. The van der Waals surface area contributed by atoms with E-state index in [9.17, 15) is 8.42 Å². The van der Waals surface area contributed by atoms with Crippen LogP contribution in [0.5, 0.6) is 0 Å². The summed E-state index contributed by atoms with van der Waals surface area (Å²) >= 11 is 0. The zero-order valence-electron chi connectivity index (χ0n) is 6.13. The van der Waals surface area contributed by atoms with Gasteiger partial charge in [-0.2, -0.15) is 0 Å². The number of unbranched alkanes of at least 4 members (excludes halogenated alkanes) is 1. The molecule has 3 heteroatoms. The van der Waals surface area contributed by atoms with E-state index in [1.54, 1.807) is 0 Å². The van der Waals surface area contributed by atoms with Gasteiger partial charge in [0.2, 0.25) is 0 Å². The number of sulfone groups is 1. The molecule has 0 amide bonds. The van der Waals surface area contributed by atoms with Gasteiger partial charge in [0.05, 0.1) is 5.75 Å². The van der Waals surface area contributed by atoms with Gasteiger partial charge in [-0.3, -0.25) is 0 Å². The molecule has 0 aromatic rings. The molecule has 0 aliphatic rings. The second kappa shape index (κ2) is 4.35. The Labute approximate surface area is 62.6 Å². The van der Waals surface area contributed by atoms with Crippen LogP contribution in [-0.2, 0) is 9.84 Å². The minimum Gasteiger partial charge on any atom is -0.228 e. The number of rotatable bonds is 4. The summed E-state index contributed by atoms with van der Waals surface area (Å²) in [5.41, 5.74) is 0. The first kappa shape index (κ1) is 9.51. The van der Waals surface area contributed by atoms with Crippen molar-refractivity contribution < 1.29 is 8.42 Å². The van der Waals surface area contributed by atoms with Crippen molar-refractivity contribution in [1.82, 2.24) is 0 Å². The Bertz CT molecular complexity index is 208. The van der Waals surface area contributed by atoms with E-state index in [0.29, 0.717) is 6.42 Å². The first-order valence-electron chi connectivity index (χ1n) is 3.26. The first-order chi connectivity index (χ1) is 4.62. The summed E-state index contributed by atoms with van der Waals surface area (Å²) < 4.78 is 21.7. The van der Waals surface area contributed by atoms with Crippen LogP contribution in [0, 0.1) is 12.3 Å². The highest BCUT2D eigenvalue weighted by molar-refractivity contribution is 7.91. The van der Waals surface area contributed by atoms with Crippen LogP contribution in [0.1, 0.15) is 19.8 Å². The van der Waals surface area contributed by atoms with Crippen LogP contribution >= 0.6 is 0 Å². The third-order valence-electron chi connectivity index (χ3n) is 1.11. The zero-order chi connectivity index (χ0) is 8.04. The summed E-state index contributed by atoms with van der Waals surface area (Å²) in [6, 6.07) is 0. The number of hydrogen-bond donors (Lipinski definition) is 0. The number of terminal acetylenes is 1. The van der Waals surface area contributed by atoms with Gasteiger partial charge in [0, 0.05) is 0 Å². The fourth-order valence-electron chi connectivity index (χ4n) is 0.563. The Hall–Kier alpha value is -0.490. The monoisotopic (exact) mass is 160 g/mol. The van der Waals surface area contributed by atoms with Crippen molar-refractivity contribution in [2.45, 2.75) is 19.8 Å². The van der Waals surface area contributed by atoms with Crippen LogP contribution in [0.15, 0.2) is 0 Å². The van der Waals surface area contributed by atoms with Gasteiger partial charge in [-0.1, -0.05) is 19.3 Å². The van der Waals surface area contributed by atoms with Gasteiger partial charge in [-0.25, -0.2) is 8.42 Å². The Balaban J connectivity index is 3.80. The van der Waals surface area contributed by atoms with Crippen molar-refractivity contribution in [3.8, 4) is 12.3 Å².